The van der Waals surface area contributed by atoms with Gasteiger partial charge in [0.15, 0.2) is 5.60 Å². The first-order chi connectivity index (χ1) is 21.3. The van der Waals surface area contributed by atoms with E-state index >= 15 is 0 Å². The molecule has 3 N–H and O–H groups in total. The zero-order valence-electron chi connectivity index (χ0n) is 23.9. The third-order valence-corrected chi connectivity index (χ3v) is 8.44. The summed E-state index contributed by atoms with van der Waals surface area (Å²) in [5.41, 5.74) is 9.45. The van der Waals surface area contributed by atoms with Crippen molar-refractivity contribution < 1.29 is 19.2 Å². The Labute approximate surface area is 260 Å². The topological polar surface area (TPSA) is 114 Å². The predicted octanol–water partition coefficient (Wildman–Crippen LogP) is 5.76. The molecular weight excluding hydrogens is 576 g/mol. The minimum atomic E-state index is -0.880. The van der Waals surface area contributed by atoms with Crippen molar-refractivity contribution in [3.63, 3.8) is 0 Å². The molecule has 9 heteroatoms. The van der Waals surface area contributed by atoms with E-state index in [-0.39, 0.29) is 37.1 Å². The highest BCUT2D eigenvalue weighted by atomic mass is 35.5. The Balaban J connectivity index is 1.15. The van der Waals surface area contributed by atoms with Crippen LogP contribution < -0.4 is 11.1 Å². The first kappa shape index (κ1) is 29.1. The lowest BCUT2D eigenvalue weighted by Crippen LogP contribution is -2.44. The molecule has 0 radical (unpaired) electrons. The van der Waals surface area contributed by atoms with E-state index in [1.54, 1.807) is 24.3 Å². The van der Waals surface area contributed by atoms with Crippen LogP contribution in [0, 0.1) is 0 Å². The molecule has 44 heavy (non-hydrogen) atoms. The molecule has 0 saturated carbocycles. The van der Waals surface area contributed by atoms with Crippen molar-refractivity contribution in [2.24, 2.45) is 10.9 Å². The highest BCUT2D eigenvalue weighted by Crippen LogP contribution is 2.39. The molecule has 0 aliphatic carbocycles. The molecule has 4 aromatic rings. The average Bonchev–Trinajstić information content (AvgIpc) is 3.64. The second-order valence-electron chi connectivity index (χ2n) is 11.3. The molecule has 0 bridgehead atoms. The number of primary amides is 1. The maximum absolute atomic E-state index is 13.3. The standard InChI is InChI=1S/C35H31ClN4O4/c36-27-16-14-25(15-17-27)34(43)40-22-35(21-31(40)33(37)42)20-30(39-44-35)26-12-7-13-28(18-26)38-32(41)19-29(23-8-3-1-4-9-23)24-10-5-2-6-11-24/h1-18,29,31H,19-22H2,(H2,37,42)(H,38,41). The summed E-state index contributed by atoms with van der Waals surface area (Å²) in [6, 6.07) is 33.1. The Kier molecular flexibility index (Phi) is 8.17. The van der Waals surface area contributed by atoms with Crippen molar-refractivity contribution >= 4 is 40.7 Å². The van der Waals surface area contributed by atoms with Gasteiger partial charge in [-0.25, -0.2) is 0 Å². The van der Waals surface area contributed by atoms with Crippen LogP contribution in [0.3, 0.4) is 0 Å². The van der Waals surface area contributed by atoms with Gasteiger partial charge in [-0.1, -0.05) is 89.6 Å². The van der Waals surface area contributed by atoms with Crippen LogP contribution in [0.25, 0.3) is 0 Å². The van der Waals surface area contributed by atoms with E-state index in [4.69, 9.17) is 22.2 Å². The number of likely N-dealkylation sites (tertiary alicyclic amines) is 1. The fourth-order valence-electron chi connectivity index (χ4n) is 6.02. The van der Waals surface area contributed by atoms with E-state index < -0.39 is 17.6 Å². The first-order valence-electron chi connectivity index (χ1n) is 14.4. The van der Waals surface area contributed by atoms with Crippen molar-refractivity contribution in [1.82, 2.24) is 4.90 Å². The SMILES string of the molecule is NC(=O)C1CC2(CC(c3cccc(NC(=O)CC(c4ccccc4)c4ccccc4)c3)=NO2)CN1C(=O)c1ccc(Cl)cc1. The number of nitrogens with one attached hydrogen (secondary N) is 1. The fourth-order valence-corrected chi connectivity index (χ4v) is 6.14. The summed E-state index contributed by atoms with van der Waals surface area (Å²) in [5, 5.41) is 7.91. The number of amides is 3. The van der Waals surface area contributed by atoms with Crippen LogP contribution >= 0.6 is 11.6 Å². The lowest BCUT2D eigenvalue weighted by atomic mass is 9.88. The monoisotopic (exact) mass is 606 g/mol. The quantitative estimate of drug-likeness (QED) is 0.265. The number of hydrogen-bond donors (Lipinski definition) is 2. The van der Waals surface area contributed by atoms with E-state index in [0.717, 1.165) is 16.7 Å². The fraction of sp³-hybridized carbons (Fsp3) is 0.200. The number of benzene rings is 4. The summed E-state index contributed by atoms with van der Waals surface area (Å²) in [5.74, 6) is -1.13. The molecule has 3 amide bonds. The Bertz CT molecular complexity index is 1670. The highest BCUT2D eigenvalue weighted by molar-refractivity contribution is 6.30. The molecule has 2 atom stereocenters. The second kappa shape index (κ2) is 12.3. The molecule has 1 saturated heterocycles. The number of hydrogen-bond acceptors (Lipinski definition) is 5. The number of rotatable bonds is 8. The van der Waals surface area contributed by atoms with Crippen LogP contribution in [-0.2, 0) is 14.4 Å². The van der Waals surface area contributed by atoms with Gasteiger partial charge in [-0.3, -0.25) is 14.4 Å². The number of anilines is 1. The van der Waals surface area contributed by atoms with Gasteiger partial charge in [-0.05, 0) is 47.5 Å². The largest absolute Gasteiger partial charge is 0.387 e. The first-order valence-corrected chi connectivity index (χ1v) is 14.8. The molecular formula is C35H31ClN4O4. The predicted molar refractivity (Wildman–Crippen MR) is 169 cm³/mol. The van der Waals surface area contributed by atoms with Crippen molar-refractivity contribution in [3.05, 3.63) is 136 Å². The molecule has 2 heterocycles. The Morgan fingerprint density at radius 2 is 1.59 bits per heavy atom. The molecule has 6 rings (SSSR count). The molecule has 2 aliphatic heterocycles. The summed E-state index contributed by atoms with van der Waals surface area (Å²) in [6.07, 6.45) is 0.880. The van der Waals surface area contributed by atoms with Crippen LogP contribution in [-0.4, -0.2) is 46.5 Å². The zero-order chi connectivity index (χ0) is 30.7. The van der Waals surface area contributed by atoms with Gasteiger partial charge in [0.25, 0.3) is 5.91 Å². The van der Waals surface area contributed by atoms with E-state index in [1.165, 1.54) is 4.90 Å². The summed E-state index contributed by atoms with van der Waals surface area (Å²) >= 11 is 5.98. The summed E-state index contributed by atoms with van der Waals surface area (Å²) in [7, 11) is 0. The molecule has 4 aromatic carbocycles. The molecule has 8 nitrogen and oxygen atoms in total. The number of oxime groups is 1. The molecule has 2 unspecified atom stereocenters. The maximum Gasteiger partial charge on any atom is 0.254 e. The van der Waals surface area contributed by atoms with Crippen molar-refractivity contribution in [3.8, 4) is 0 Å². The Morgan fingerprint density at radius 1 is 0.932 bits per heavy atom. The third-order valence-electron chi connectivity index (χ3n) is 8.19. The Hall–Kier alpha value is -4.95. The average molecular weight is 607 g/mol. The van der Waals surface area contributed by atoms with Crippen LogP contribution in [0.2, 0.25) is 5.02 Å². The lowest BCUT2D eigenvalue weighted by Gasteiger charge is -2.23. The summed E-state index contributed by atoms with van der Waals surface area (Å²) < 4.78 is 0. The zero-order valence-corrected chi connectivity index (χ0v) is 24.6. The van der Waals surface area contributed by atoms with Gasteiger partial charge >= 0.3 is 0 Å². The molecule has 222 valence electrons. The van der Waals surface area contributed by atoms with Gasteiger partial charge in [0.05, 0.1) is 12.3 Å². The molecule has 2 aliphatic rings. The summed E-state index contributed by atoms with van der Waals surface area (Å²) in [6.45, 7) is 0.159. The van der Waals surface area contributed by atoms with Gasteiger partial charge < -0.3 is 20.8 Å². The normalized spacial score (nSPS) is 19.1. The molecule has 0 aromatic heterocycles. The number of carbonyl (C=O) groups is 3. The van der Waals surface area contributed by atoms with E-state index in [1.807, 2.05) is 84.9 Å². The minimum absolute atomic E-state index is 0.0906. The van der Waals surface area contributed by atoms with E-state index in [2.05, 4.69) is 10.5 Å². The van der Waals surface area contributed by atoms with Crippen LogP contribution in [0.1, 0.15) is 52.2 Å². The highest BCUT2D eigenvalue weighted by Gasteiger charge is 2.53. The smallest absolute Gasteiger partial charge is 0.254 e. The van der Waals surface area contributed by atoms with Crippen LogP contribution in [0.4, 0.5) is 5.69 Å². The van der Waals surface area contributed by atoms with Crippen LogP contribution in [0.15, 0.2) is 114 Å². The number of halogens is 1. The van der Waals surface area contributed by atoms with Crippen molar-refractivity contribution in [1.29, 1.82) is 0 Å². The number of nitrogens with two attached hydrogens (primary N) is 1. The summed E-state index contributed by atoms with van der Waals surface area (Å²) in [4.78, 5) is 46.4. The van der Waals surface area contributed by atoms with Crippen molar-refractivity contribution in [2.75, 3.05) is 11.9 Å². The van der Waals surface area contributed by atoms with Gasteiger partial charge in [0, 0.05) is 47.0 Å². The Morgan fingerprint density at radius 3 is 2.23 bits per heavy atom. The maximum atomic E-state index is 13.3. The van der Waals surface area contributed by atoms with Gasteiger partial charge in [0.2, 0.25) is 11.8 Å². The van der Waals surface area contributed by atoms with Crippen LogP contribution in [0.5, 0.6) is 0 Å². The van der Waals surface area contributed by atoms with Gasteiger partial charge in [-0.2, -0.15) is 0 Å². The van der Waals surface area contributed by atoms with Gasteiger partial charge in [0.1, 0.15) is 6.04 Å². The minimum Gasteiger partial charge on any atom is -0.387 e. The van der Waals surface area contributed by atoms with Crippen molar-refractivity contribution in [2.45, 2.75) is 36.8 Å². The molecule has 1 fully saturated rings. The van der Waals surface area contributed by atoms with E-state index in [0.29, 0.717) is 28.4 Å². The number of carbonyl (C=O) groups excluding carboxylic acids is 3. The number of nitrogens with zero attached hydrogens (tertiary/aromatic N) is 2. The molecule has 1 spiro atoms. The lowest BCUT2D eigenvalue weighted by molar-refractivity contribution is -0.122. The van der Waals surface area contributed by atoms with Gasteiger partial charge in [-0.15, -0.1) is 0 Å². The third kappa shape index (κ3) is 6.21. The second-order valence-corrected chi connectivity index (χ2v) is 11.7. The van der Waals surface area contributed by atoms with E-state index in [9.17, 15) is 14.4 Å².